The van der Waals surface area contributed by atoms with E-state index in [-0.39, 0.29) is 11.1 Å². The van der Waals surface area contributed by atoms with E-state index in [2.05, 4.69) is 9.97 Å². The molecule has 0 aromatic carbocycles. The molecule has 2 rings (SSSR count). The molecule has 0 radical (unpaired) electrons. The molecular formula is C12H17N5O2S. The van der Waals surface area contributed by atoms with Gasteiger partial charge in [-0.2, -0.15) is 0 Å². The molecule has 108 valence electrons. The molecule has 1 saturated heterocycles. The fraction of sp³-hybridized carbons (Fsp3) is 0.500. The van der Waals surface area contributed by atoms with Crippen LogP contribution >= 0.6 is 12.2 Å². The van der Waals surface area contributed by atoms with Crippen LogP contribution in [0.4, 0.5) is 10.6 Å². The summed E-state index contributed by atoms with van der Waals surface area (Å²) in [6.07, 6.45) is 2.89. The lowest BCUT2D eigenvalue weighted by molar-refractivity contribution is 0.105. The number of carbonyl (C=O) groups is 1. The molecule has 0 atom stereocenters. The van der Waals surface area contributed by atoms with E-state index in [1.54, 1.807) is 24.2 Å². The molecule has 1 aliphatic heterocycles. The highest BCUT2D eigenvalue weighted by molar-refractivity contribution is 7.80. The zero-order valence-electron chi connectivity index (χ0n) is 11.3. The van der Waals surface area contributed by atoms with Gasteiger partial charge < -0.3 is 20.3 Å². The van der Waals surface area contributed by atoms with E-state index in [9.17, 15) is 4.79 Å². The van der Waals surface area contributed by atoms with E-state index < -0.39 is 0 Å². The number of nitrogens with two attached hydrogens (primary N) is 1. The van der Waals surface area contributed by atoms with Crippen LogP contribution < -0.4 is 10.6 Å². The number of amides is 1. The molecule has 20 heavy (non-hydrogen) atoms. The van der Waals surface area contributed by atoms with Gasteiger partial charge in [0.1, 0.15) is 10.7 Å². The Morgan fingerprint density at radius 1 is 1.35 bits per heavy atom. The highest BCUT2D eigenvalue weighted by atomic mass is 32.1. The van der Waals surface area contributed by atoms with Crippen molar-refractivity contribution in [3.63, 3.8) is 0 Å². The number of thiocarbonyl (C=S) groups is 1. The quantitative estimate of drug-likeness (QED) is 0.807. The molecule has 0 spiro atoms. The first-order chi connectivity index (χ1) is 9.63. The molecule has 2 N–H and O–H groups in total. The number of hydrogen-bond acceptors (Lipinski definition) is 6. The van der Waals surface area contributed by atoms with E-state index in [1.165, 1.54) is 0 Å². The lowest BCUT2D eigenvalue weighted by atomic mass is 10.3. The number of carbonyl (C=O) groups excluding carboxylic acids is 1. The maximum Gasteiger partial charge on any atom is 0.409 e. The minimum atomic E-state index is -0.277. The van der Waals surface area contributed by atoms with Crippen LogP contribution in [0.2, 0.25) is 0 Å². The molecule has 1 aromatic rings. The summed E-state index contributed by atoms with van der Waals surface area (Å²) in [5.74, 6) is 0.670. The predicted molar refractivity (Wildman–Crippen MR) is 78.7 cm³/mol. The van der Waals surface area contributed by atoms with Crippen molar-refractivity contribution in [3.8, 4) is 0 Å². The van der Waals surface area contributed by atoms with E-state index in [0.717, 1.165) is 0 Å². The summed E-state index contributed by atoms with van der Waals surface area (Å²) in [4.78, 5) is 24.0. The highest BCUT2D eigenvalue weighted by Crippen LogP contribution is 2.17. The number of piperazine rings is 1. The number of ether oxygens (including phenoxy) is 1. The van der Waals surface area contributed by atoms with Crippen LogP contribution in [-0.2, 0) is 4.74 Å². The maximum atomic E-state index is 11.6. The van der Waals surface area contributed by atoms with Crippen LogP contribution in [0.5, 0.6) is 0 Å². The summed E-state index contributed by atoms with van der Waals surface area (Å²) in [5, 5.41) is 0. The Morgan fingerprint density at radius 2 is 2.00 bits per heavy atom. The SMILES string of the molecule is CCOC(=O)N1CCN(c2nccnc2C(N)=S)CC1. The van der Waals surface area contributed by atoms with Crippen LogP contribution in [0, 0.1) is 0 Å². The summed E-state index contributed by atoms with van der Waals surface area (Å²) in [5.41, 5.74) is 6.17. The van der Waals surface area contributed by atoms with E-state index in [1.807, 2.05) is 4.90 Å². The smallest absolute Gasteiger partial charge is 0.409 e. The number of hydrogen-bond donors (Lipinski definition) is 1. The molecule has 0 unspecified atom stereocenters. The Kier molecular flexibility index (Phi) is 4.67. The Hall–Kier alpha value is -1.96. The first-order valence-corrected chi connectivity index (χ1v) is 6.81. The molecular weight excluding hydrogens is 278 g/mol. The standard InChI is InChI=1S/C12H17N5O2S/c1-2-19-12(18)17-7-5-16(6-8-17)11-9(10(13)20)14-3-4-15-11/h3-4H,2,5-8H2,1H3,(H2,13,20). The Bertz CT molecular complexity index is 502. The third-order valence-corrected chi connectivity index (χ3v) is 3.21. The third kappa shape index (κ3) is 3.13. The van der Waals surface area contributed by atoms with Crippen molar-refractivity contribution in [1.29, 1.82) is 0 Å². The maximum absolute atomic E-state index is 11.6. The minimum Gasteiger partial charge on any atom is -0.450 e. The average molecular weight is 295 g/mol. The van der Waals surface area contributed by atoms with Gasteiger partial charge in [0.15, 0.2) is 5.82 Å². The summed E-state index contributed by atoms with van der Waals surface area (Å²) < 4.78 is 4.98. The molecule has 0 aliphatic carbocycles. The fourth-order valence-electron chi connectivity index (χ4n) is 2.05. The topological polar surface area (TPSA) is 84.6 Å². The van der Waals surface area contributed by atoms with Crippen molar-refractivity contribution in [1.82, 2.24) is 14.9 Å². The van der Waals surface area contributed by atoms with Gasteiger partial charge in [-0.15, -0.1) is 0 Å². The van der Waals surface area contributed by atoms with Crippen LogP contribution in [0.3, 0.4) is 0 Å². The summed E-state index contributed by atoms with van der Waals surface area (Å²) >= 11 is 4.98. The van der Waals surface area contributed by atoms with Gasteiger partial charge in [0.25, 0.3) is 0 Å². The highest BCUT2D eigenvalue weighted by Gasteiger charge is 2.24. The Morgan fingerprint density at radius 3 is 2.60 bits per heavy atom. The molecule has 0 saturated carbocycles. The lowest BCUT2D eigenvalue weighted by Gasteiger charge is -2.35. The normalized spacial score (nSPS) is 15.1. The zero-order valence-corrected chi connectivity index (χ0v) is 12.1. The summed E-state index contributed by atoms with van der Waals surface area (Å²) in [6, 6.07) is 0. The van der Waals surface area contributed by atoms with Gasteiger partial charge in [0.2, 0.25) is 0 Å². The minimum absolute atomic E-state index is 0.223. The first kappa shape index (κ1) is 14.4. The largest absolute Gasteiger partial charge is 0.450 e. The van der Waals surface area contributed by atoms with Gasteiger partial charge in [-0.3, -0.25) is 0 Å². The number of rotatable bonds is 3. The van der Waals surface area contributed by atoms with Crippen molar-refractivity contribution in [2.75, 3.05) is 37.7 Å². The van der Waals surface area contributed by atoms with Gasteiger partial charge in [-0.1, -0.05) is 12.2 Å². The molecule has 0 bridgehead atoms. The monoisotopic (exact) mass is 295 g/mol. The predicted octanol–water partition coefficient (Wildman–Crippen LogP) is 0.389. The number of aromatic nitrogens is 2. The van der Waals surface area contributed by atoms with E-state index in [4.69, 9.17) is 22.7 Å². The molecule has 8 heteroatoms. The van der Waals surface area contributed by atoms with Crippen molar-refractivity contribution in [2.24, 2.45) is 5.73 Å². The van der Waals surface area contributed by atoms with Crippen molar-refractivity contribution >= 4 is 29.1 Å². The molecule has 7 nitrogen and oxygen atoms in total. The van der Waals surface area contributed by atoms with Crippen molar-refractivity contribution < 1.29 is 9.53 Å². The summed E-state index contributed by atoms with van der Waals surface area (Å²) in [6.45, 7) is 4.62. The van der Waals surface area contributed by atoms with Crippen molar-refractivity contribution in [2.45, 2.75) is 6.92 Å². The number of anilines is 1. The van der Waals surface area contributed by atoms with Gasteiger partial charge in [0.05, 0.1) is 6.61 Å². The zero-order chi connectivity index (χ0) is 14.5. The van der Waals surface area contributed by atoms with E-state index >= 15 is 0 Å². The third-order valence-electron chi connectivity index (χ3n) is 3.02. The fourth-order valence-corrected chi connectivity index (χ4v) is 2.20. The molecule has 1 aliphatic rings. The van der Waals surface area contributed by atoms with Crippen LogP contribution in [0.25, 0.3) is 0 Å². The van der Waals surface area contributed by atoms with Gasteiger partial charge in [-0.05, 0) is 6.92 Å². The van der Waals surface area contributed by atoms with Crippen LogP contribution in [0.15, 0.2) is 12.4 Å². The summed E-state index contributed by atoms with van der Waals surface area (Å²) in [7, 11) is 0. The van der Waals surface area contributed by atoms with Gasteiger partial charge >= 0.3 is 6.09 Å². The van der Waals surface area contributed by atoms with Crippen LogP contribution in [0.1, 0.15) is 12.6 Å². The average Bonchev–Trinajstić information content (AvgIpc) is 2.47. The van der Waals surface area contributed by atoms with E-state index in [0.29, 0.717) is 44.3 Å². The number of nitrogens with zero attached hydrogens (tertiary/aromatic N) is 4. The molecule has 2 heterocycles. The van der Waals surface area contributed by atoms with Crippen LogP contribution in [-0.4, -0.2) is 58.7 Å². The molecule has 1 aromatic heterocycles. The second-order valence-electron chi connectivity index (χ2n) is 4.27. The molecule has 1 fully saturated rings. The van der Waals surface area contributed by atoms with Gasteiger partial charge in [-0.25, -0.2) is 14.8 Å². The second-order valence-corrected chi connectivity index (χ2v) is 4.71. The molecule has 1 amide bonds. The first-order valence-electron chi connectivity index (χ1n) is 6.41. The van der Waals surface area contributed by atoms with Crippen molar-refractivity contribution in [3.05, 3.63) is 18.1 Å². The second kappa shape index (κ2) is 6.47. The Balaban J connectivity index is 2.04. The van der Waals surface area contributed by atoms with Gasteiger partial charge in [0, 0.05) is 38.6 Å². The lowest BCUT2D eigenvalue weighted by Crippen LogP contribution is -2.49. The Labute approximate surface area is 122 Å².